The van der Waals surface area contributed by atoms with Gasteiger partial charge in [0.25, 0.3) is 0 Å². The van der Waals surface area contributed by atoms with E-state index in [2.05, 4.69) is 52.7 Å². The molecule has 0 aliphatic carbocycles. The van der Waals surface area contributed by atoms with Crippen molar-refractivity contribution in [3.8, 4) is 11.5 Å². The Kier molecular flexibility index (Phi) is 6.49. The van der Waals surface area contributed by atoms with Gasteiger partial charge in [0.1, 0.15) is 18.1 Å². The molecule has 0 aliphatic heterocycles. The molecule has 0 atom stereocenters. The van der Waals surface area contributed by atoms with Crippen molar-refractivity contribution >= 4 is 17.5 Å². The Hall–Kier alpha value is -3.35. The van der Waals surface area contributed by atoms with E-state index in [0.717, 1.165) is 17.2 Å². The van der Waals surface area contributed by atoms with Crippen LogP contribution in [0.3, 0.4) is 0 Å². The second kappa shape index (κ2) is 9.23. The van der Waals surface area contributed by atoms with E-state index >= 15 is 0 Å². The topological polar surface area (TPSA) is 81.2 Å². The summed E-state index contributed by atoms with van der Waals surface area (Å²) in [5.41, 5.74) is 2.24. The first-order valence-corrected chi connectivity index (χ1v) is 9.53. The van der Waals surface area contributed by atoms with E-state index in [1.54, 1.807) is 13.3 Å². The van der Waals surface area contributed by atoms with E-state index in [9.17, 15) is 0 Å². The van der Waals surface area contributed by atoms with Crippen LogP contribution in [-0.4, -0.2) is 35.4 Å². The SMILES string of the molecule is COc1ccc(OCCNc2nncc(Nc3ccccc3C(C)(C)C)n2)cc1. The van der Waals surface area contributed by atoms with Crippen LogP contribution in [-0.2, 0) is 5.41 Å². The van der Waals surface area contributed by atoms with Gasteiger partial charge in [-0.1, -0.05) is 39.0 Å². The third-order valence-electron chi connectivity index (χ3n) is 4.27. The number of hydrogen-bond acceptors (Lipinski definition) is 7. The van der Waals surface area contributed by atoms with Crippen molar-refractivity contribution in [1.82, 2.24) is 15.2 Å². The van der Waals surface area contributed by atoms with Crippen molar-refractivity contribution in [3.63, 3.8) is 0 Å². The lowest BCUT2D eigenvalue weighted by atomic mass is 9.86. The van der Waals surface area contributed by atoms with Gasteiger partial charge < -0.3 is 20.1 Å². The van der Waals surface area contributed by atoms with Crippen LogP contribution in [0.2, 0.25) is 0 Å². The molecule has 0 spiro atoms. The average molecular weight is 393 g/mol. The van der Waals surface area contributed by atoms with E-state index < -0.39 is 0 Å². The Balaban J connectivity index is 1.56. The molecule has 29 heavy (non-hydrogen) atoms. The average Bonchev–Trinajstić information content (AvgIpc) is 2.72. The summed E-state index contributed by atoms with van der Waals surface area (Å²) < 4.78 is 10.8. The van der Waals surface area contributed by atoms with Crippen molar-refractivity contribution in [3.05, 3.63) is 60.3 Å². The predicted molar refractivity (Wildman–Crippen MR) is 115 cm³/mol. The van der Waals surface area contributed by atoms with Crippen LogP contribution in [0.25, 0.3) is 0 Å². The second-order valence-corrected chi connectivity index (χ2v) is 7.54. The number of anilines is 3. The van der Waals surface area contributed by atoms with Gasteiger partial charge in [0.2, 0.25) is 5.95 Å². The summed E-state index contributed by atoms with van der Waals surface area (Å²) in [5.74, 6) is 2.66. The standard InChI is InChI=1S/C22H27N5O2/c1-22(2,3)18-7-5-6-8-19(18)25-20-15-24-27-21(26-20)23-13-14-29-17-11-9-16(28-4)10-12-17/h5-12,15H,13-14H2,1-4H3,(H2,23,25,26,27). The van der Waals surface area contributed by atoms with Gasteiger partial charge >= 0.3 is 0 Å². The van der Waals surface area contributed by atoms with Gasteiger partial charge in [0.05, 0.1) is 19.9 Å². The van der Waals surface area contributed by atoms with Crippen LogP contribution in [0, 0.1) is 0 Å². The van der Waals surface area contributed by atoms with E-state index in [-0.39, 0.29) is 5.41 Å². The van der Waals surface area contributed by atoms with Gasteiger partial charge in [0, 0.05) is 5.69 Å². The molecule has 0 bridgehead atoms. The smallest absolute Gasteiger partial charge is 0.244 e. The first kappa shape index (κ1) is 20.4. The minimum Gasteiger partial charge on any atom is -0.497 e. The molecule has 3 rings (SSSR count). The molecule has 1 aromatic heterocycles. The number of rotatable bonds is 8. The highest BCUT2D eigenvalue weighted by atomic mass is 16.5. The van der Waals surface area contributed by atoms with Crippen LogP contribution in [0.4, 0.5) is 17.5 Å². The maximum absolute atomic E-state index is 5.70. The van der Waals surface area contributed by atoms with E-state index in [1.165, 1.54) is 5.56 Å². The highest BCUT2D eigenvalue weighted by Gasteiger charge is 2.17. The minimum atomic E-state index is 0.0178. The maximum Gasteiger partial charge on any atom is 0.244 e. The second-order valence-electron chi connectivity index (χ2n) is 7.54. The molecule has 152 valence electrons. The van der Waals surface area contributed by atoms with E-state index in [1.807, 2.05) is 42.5 Å². The summed E-state index contributed by atoms with van der Waals surface area (Å²) in [5, 5.41) is 14.6. The normalized spacial score (nSPS) is 11.0. The molecule has 0 aliphatic rings. The molecule has 0 fully saturated rings. The number of hydrogen-bond donors (Lipinski definition) is 2. The summed E-state index contributed by atoms with van der Waals surface area (Å²) in [6.45, 7) is 7.57. The summed E-state index contributed by atoms with van der Waals surface area (Å²) in [7, 11) is 1.64. The van der Waals surface area contributed by atoms with Gasteiger partial charge in [-0.05, 0) is 41.3 Å². The number of methoxy groups -OCH3 is 1. The summed E-state index contributed by atoms with van der Waals surface area (Å²) >= 11 is 0. The summed E-state index contributed by atoms with van der Waals surface area (Å²) in [4.78, 5) is 4.49. The fraction of sp³-hybridized carbons (Fsp3) is 0.318. The molecule has 0 saturated heterocycles. The molecule has 7 heteroatoms. The summed E-state index contributed by atoms with van der Waals surface area (Å²) in [6.07, 6.45) is 1.61. The third kappa shape index (κ3) is 5.81. The first-order valence-electron chi connectivity index (χ1n) is 9.53. The van der Waals surface area contributed by atoms with Gasteiger partial charge in [-0.15, -0.1) is 5.10 Å². The number of ether oxygens (including phenoxy) is 2. The monoisotopic (exact) mass is 393 g/mol. The molecule has 3 aromatic rings. The number of benzene rings is 2. The van der Waals surface area contributed by atoms with Crippen LogP contribution >= 0.6 is 0 Å². The third-order valence-corrected chi connectivity index (χ3v) is 4.27. The molecule has 2 N–H and O–H groups in total. The van der Waals surface area contributed by atoms with Crippen LogP contribution in [0.15, 0.2) is 54.7 Å². The van der Waals surface area contributed by atoms with Crippen LogP contribution in [0.1, 0.15) is 26.3 Å². The molecule has 0 amide bonds. The van der Waals surface area contributed by atoms with Crippen LogP contribution < -0.4 is 20.1 Å². The lowest BCUT2D eigenvalue weighted by molar-refractivity contribution is 0.331. The van der Waals surface area contributed by atoms with E-state index in [0.29, 0.717) is 24.9 Å². The highest BCUT2D eigenvalue weighted by molar-refractivity contribution is 5.62. The van der Waals surface area contributed by atoms with Crippen molar-refractivity contribution in [2.45, 2.75) is 26.2 Å². The lowest BCUT2D eigenvalue weighted by Crippen LogP contribution is -2.15. The molecule has 0 radical (unpaired) electrons. The van der Waals surface area contributed by atoms with Gasteiger partial charge in [0.15, 0.2) is 5.82 Å². The fourth-order valence-electron chi connectivity index (χ4n) is 2.83. The van der Waals surface area contributed by atoms with Gasteiger partial charge in [-0.25, -0.2) is 0 Å². The largest absolute Gasteiger partial charge is 0.497 e. The van der Waals surface area contributed by atoms with Crippen molar-refractivity contribution in [1.29, 1.82) is 0 Å². The molecule has 7 nitrogen and oxygen atoms in total. The Bertz CT molecular complexity index is 923. The minimum absolute atomic E-state index is 0.0178. The van der Waals surface area contributed by atoms with Crippen molar-refractivity contribution in [2.75, 3.05) is 30.9 Å². The summed E-state index contributed by atoms with van der Waals surface area (Å²) in [6, 6.07) is 15.7. The van der Waals surface area contributed by atoms with Gasteiger partial charge in [-0.2, -0.15) is 10.1 Å². The highest BCUT2D eigenvalue weighted by Crippen LogP contribution is 2.30. The molecular weight excluding hydrogens is 366 g/mol. The maximum atomic E-state index is 5.70. The van der Waals surface area contributed by atoms with Gasteiger partial charge in [-0.3, -0.25) is 0 Å². The zero-order valence-corrected chi connectivity index (χ0v) is 17.3. The Morgan fingerprint density at radius 2 is 1.69 bits per heavy atom. The Morgan fingerprint density at radius 3 is 2.41 bits per heavy atom. The van der Waals surface area contributed by atoms with Crippen molar-refractivity contribution < 1.29 is 9.47 Å². The number of aromatic nitrogens is 3. The molecular formula is C22H27N5O2. The molecule has 0 unspecified atom stereocenters. The predicted octanol–water partition coefficient (Wildman–Crippen LogP) is 4.41. The van der Waals surface area contributed by atoms with Crippen molar-refractivity contribution in [2.24, 2.45) is 0 Å². The zero-order chi connectivity index (χ0) is 20.7. The fourth-order valence-corrected chi connectivity index (χ4v) is 2.83. The Morgan fingerprint density at radius 1 is 0.966 bits per heavy atom. The first-order chi connectivity index (χ1) is 14.0. The molecule has 1 heterocycles. The Labute approximate surface area is 171 Å². The van der Waals surface area contributed by atoms with E-state index in [4.69, 9.17) is 9.47 Å². The van der Waals surface area contributed by atoms with Crippen LogP contribution in [0.5, 0.6) is 11.5 Å². The number of nitrogens with one attached hydrogen (secondary N) is 2. The quantitative estimate of drug-likeness (QED) is 0.549. The molecule has 2 aromatic carbocycles. The number of para-hydroxylation sites is 1. The zero-order valence-electron chi connectivity index (χ0n) is 17.3. The number of nitrogens with zero attached hydrogens (tertiary/aromatic N) is 3. The molecule has 0 saturated carbocycles. The lowest BCUT2D eigenvalue weighted by Gasteiger charge is -2.23.